The second-order valence-electron chi connectivity index (χ2n) is 4.19. The van der Waals surface area contributed by atoms with E-state index in [1.807, 2.05) is 24.3 Å². The van der Waals surface area contributed by atoms with Crippen molar-refractivity contribution >= 4 is 28.0 Å². The number of nitrogens with zero attached hydrogens (tertiary/aromatic N) is 3. The van der Waals surface area contributed by atoms with E-state index in [0.29, 0.717) is 0 Å². The molecule has 0 saturated carbocycles. The van der Waals surface area contributed by atoms with Crippen molar-refractivity contribution in [3.05, 3.63) is 65.1 Å². The largest absolute Gasteiger partial charge is 0.334 e. The van der Waals surface area contributed by atoms with Gasteiger partial charge in [0.25, 0.3) is 0 Å². The SMILES string of the molecule is O=[N+]([O-])c1cccnc1Nc1ccc2cnccc2c1. The Morgan fingerprint density at radius 3 is 2.85 bits per heavy atom. The van der Waals surface area contributed by atoms with Crippen molar-refractivity contribution in [2.45, 2.75) is 0 Å². The summed E-state index contributed by atoms with van der Waals surface area (Å²) in [6.07, 6.45) is 4.98. The topological polar surface area (TPSA) is 81.0 Å². The van der Waals surface area contributed by atoms with Crippen molar-refractivity contribution in [1.29, 1.82) is 0 Å². The third kappa shape index (κ3) is 2.26. The quantitative estimate of drug-likeness (QED) is 0.581. The van der Waals surface area contributed by atoms with Crippen molar-refractivity contribution in [2.24, 2.45) is 0 Å². The molecule has 0 bridgehead atoms. The maximum atomic E-state index is 10.9. The molecule has 98 valence electrons. The summed E-state index contributed by atoms with van der Waals surface area (Å²) in [6, 6.07) is 10.5. The van der Waals surface area contributed by atoms with Crippen LogP contribution in [0.1, 0.15) is 0 Å². The van der Waals surface area contributed by atoms with E-state index in [1.54, 1.807) is 12.4 Å². The van der Waals surface area contributed by atoms with Crippen LogP contribution >= 0.6 is 0 Å². The van der Waals surface area contributed by atoms with Gasteiger partial charge in [-0.3, -0.25) is 15.1 Å². The maximum Gasteiger partial charge on any atom is 0.311 e. The van der Waals surface area contributed by atoms with Crippen molar-refractivity contribution in [2.75, 3.05) is 5.32 Å². The summed E-state index contributed by atoms with van der Waals surface area (Å²) in [5.41, 5.74) is 0.688. The van der Waals surface area contributed by atoms with Gasteiger partial charge in [0.2, 0.25) is 5.82 Å². The molecule has 0 aliphatic heterocycles. The molecule has 0 atom stereocenters. The Morgan fingerprint density at radius 1 is 1.10 bits per heavy atom. The highest BCUT2D eigenvalue weighted by molar-refractivity contribution is 5.85. The zero-order valence-electron chi connectivity index (χ0n) is 10.4. The van der Waals surface area contributed by atoms with Gasteiger partial charge in [0.1, 0.15) is 0 Å². The van der Waals surface area contributed by atoms with E-state index in [1.165, 1.54) is 18.3 Å². The van der Waals surface area contributed by atoms with E-state index in [4.69, 9.17) is 0 Å². The van der Waals surface area contributed by atoms with Gasteiger partial charge in [0.15, 0.2) is 0 Å². The number of rotatable bonds is 3. The van der Waals surface area contributed by atoms with Crippen LogP contribution in [0.3, 0.4) is 0 Å². The number of aromatic nitrogens is 2. The Balaban J connectivity index is 1.99. The van der Waals surface area contributed by atoms with E-state index >= 15 is 0 Å². The third-order valence-corrected chi connectivity index (χ3v) is 2.89. The summed E-state index contributed by atoms with van der Waals surface area (Å²) in [4.78, 5) is 18.5. The molecule has 6 nitrogen and oxygen atoms in total. The van der Waals surface area contributed by atoms with Crippen LogP contribution in [0.5, 0.6) is 0 Å². The number of pyridine rings is 2. The van der Waals surface area contributed by atoms with Gasteiger partial charge < -0.3 is 5.32 Å². The molecule has 20 heavy (non-hydrogen) atoms. The van der Waals surface area contributed by atoms with Gasteiger partial charge in [-0.25, -0.2) is 4.98 Å². The Bertz CT molecular complexity index is 789. The summed E-state index contributed by atoms with van der Waals surface area (Å²) < 4.78 is 0. The number of benzene rings is 1. The molecule has 0 aliphatic rings. The average Bonchev–Trinajstić information content (AvgIpc) is 2.47. The number of hydrogen-bond acceptors (Lipinski definition) is 5. The fraction of sp³-hybridized carbons (Fsp3) is 0. The van der Waals surface area contributed by atoms with Crippen molar-refractivity contribution in [3.8, 4) is 0 Å². The standard InChI is InChI=1S/C14H10N4O2/c19-18(20)13-2-1-6-16-14(13)17-12-4-3-11-9-15-7-5-10(11)8-12/h1-9H,(H,16,17). The molecule has 2 heterocycles. The molecule has 1 aromatic carbocycles. The Morgan fingerprint density at radius 2 is 2.00 bits per heavy atom. The summed E-state index contributed by atoms with van der Waals surface area (Å²) in [6.45, 7) is 0. The first-order valence-electron chi connectivity index (χ1n) is 5.94. The normalized spacial score (nSPS) is 10.4. The first-order valence-corrected chi connectivity index (χ1v) is 5.94. The zero-order chi connectivity index (χ0) is 13.9. The number of anilines is 2. The van der Waals surface area contributed by atoms with Crippen LogP contribution in [0.4, 0.5) is 17.2 Å². The predicted molar refractivity (Wildman–Crippen MR) is 75.9 cm³/mol. The van der Waals surface area contributed by atoms with Crippen molar-refractivity contribution in [1.82, 2.24) is 9.97 Å². The van der Waals surface area contributed by atoms with Crippen LogP contribution in [0.25, 0.3) is 10.8 Å². The molecule has 6 heteroatoms. The summed E-state index contributed by atoms with van der Waals surface area (Å²) in [7, 11) is 0. The molecule has 0 amide bonds. The summed E-state index contributed by atoms with van der Waals surface area (Å²) in [5.74, 6) is 0.228. The van der Waals surface area contributed by atoms with Gasteiger partial charge in [-0.15, -0.1) is 0 Å². The van der Waals surface area contributed by atoms with Crippen LogP contribution in [-0.4, -0.2) is 14.9 Å². The Hall–Kier alpha value is -3.02. The fourth-order valence-corrected chi connectivity index (χ4v) is 1.94. The van der Waals surface area contributed by atoms with Crippen LogP contribution in [-0.2, 0) is 0 Å². The molecule has 0 radical (unpaired) electrons. The molecule has 3 rings (SSSR count). The van der Waals surface area contributed by atoms with Crippen LogP contribution in [0.15, 0.2) is 55.0 Å². The number of fused-ring (bicyclic) bond motifs is 1. The lowest BCUT2D eigenvalue weighted by Gasteiger charge is -2.06. The second kappa shape index (κ2) is 4.93. The highest BCUT2D eigenvalue weighted by Gasteiger charge is 2.13. The molecule has 3 aromatic rings. The molecule has 1 N–H and O–H groups in total. The van der Waals surface area contributed by atoms with Gasteiger partial charge in [0.05, 0.1) is 4.92 Å². The minimum Gasteiger partial charge on any atom is -0.334 e. The second-order valence-corrected chi connectivity index (χ2v) is 4.19. The first kappa shape index (κ1) is 12.0. The number of hydrogen-bond donors (Lipinski definition) is 1. The molecule has 2 aromatic heterocycles. The van der Waals surface area contributed by atoms with E-state index in [0.717, 1.165) is 16.5 Å². The van der Waals surface area contributed by atoms with Gasteiger partial charge in [0, 0.05) is 35.7 Å². The van der Waals surface area contributed by atoms with Crippen molar-refractivity contribution < 1.29 is 4.92 Å². The Labute approximate surface area is 114 Å². The molecule has 0 saturated heterocycles. The molecular formula is C14H10N4O2. The molecule has 0 aliphatic carbocycles. The highest BCUT2D eigenvalue weighted by atomic mass is 16.6. The zero-order valence-corrected chi connectivity index (χ0v) is 10.4. The van der Waals surface area contributed by atoms with E-state index < -0.39 is 4.92 Å². The van der Waals surface area contributed by atoms with Crippen molar-refractivity contribution in [3.63, 3.8) is 0 Å². The Kier molecular flexibility index (Phi) is 2.96. The highest BCUT2D eigenvalue weighted by Crippen LogP contribution is 2.26. The van der Waals surface area contributed by atoms with Gasteiger partial charge in [-0.1, -0.05) is 6.07 Å². The smallest absolute Gasteiger partial charge is 0.311 e. The van der Waals surface area contributed by atoms with E-state index in [-0.39, 0.29) is 11.5 Å². The van der Waals surface area contributed by atoms with Crippen LogP contribution < -0.4 is 5.32 Å². The van der Waals surface area contributed by atoms with Gasteiger partial charge in [-0.2, -0.15) is 0 Å². The molecule has 0 spiro atoms. The van der Waals surface area contributed by atoms with E-state index in [2.05, 4.69) is 15.3 Å². The minimum absolute atomic E-state index is 0.0534. The first-order chi connectivity index (χ1) is 9.74. The molecule has 0 unspecified atom stereocenters. The monoisotopic (exact) mass is 266 g/mol. The summed E-state index contributed by atoms with van der Waals surface area (Å²) in [5, 5.41) is 15.9. The van der Waals surface area contributed by atoms with Gasteiger partial charge >= 0.3 is 5.69 Å². The van der Waals surface area contributed by atoms with Gasteiger partial charge in [-0.05, 0) is 29.7 Å². The predicted octanol–water partition coefficient (Wildman–Crippen LogP) is 3.28. The lowest BCUT2D eigenvalue weighted by molar-refractivity contribution is -0.384. The number of nitro groups is 1. The third-order valence-electron chi connectivity index (χ3n) is 2.89. The lowest BCUT2D eigenvalue weighted by atomic mass is 10.1. The van der Waals surface area contributed by atoms with Crippen LogP contribution in [0, 0.1) is 10.1 Å². The maximum absolute atomic E-state index is 10.9. The average molecular weight is 266 g/mol. The fourth-order valence-electron chi connectivity index (χ4n) is 1.94. The minimum atomic E-state index is -0.458. The van der Waals surface area contributed by atoms with E-state index in [9.17, 15) is 10.1 Å². The van der Waals surface area contributed by atoms with Crippen LogP contribution in [0.2, 0.25) is 0 Å². The number of nitrogens with one attached hydrogen (secondary N) is 1. The lowest BCUT2D eigenvalue weighted by Crippen LogP contribution is -1.99. The molecular weight excluding hydrogens is 256 g/mol. The molecule has 0 fully saturated rings. The summed E-state index contributed by atoms with van der Waals surface area (Å²) >= 11 is 0.